The fourth-order valence-electron chi connectivity index (χ4n) is 4.03. The van der Waals surface area contributed by atoms with Gasteiger partial charge in [0.1, 0.15) is 12.2 Å². The van der Waals surface area contributed by atoms with Crippen molar-refractivity contribution in [1.29, 1.82) is 0 Å². The first-order chi connectivity index (χ1) is 13.8. The molecule has 0 bridgehead atoms. The van der Waals surface area contributed by atoms with Crippen molar-refractivity contribution in [3.63, 3.8) is 0 Å². The summed E-state index contributed by atoms with van der Waals surface area (Å²) in [5, 5.41) is 8.40. The number of amides is 1. The van der Waals surface area contributed by atoms with Gasteiger partial charge in [0.05, 0.1) is 0 Å². The first-order valence-corrected chi connectivity index (χ1v) is 10.1. The summed E-state index contributed by atoms with van der Waals surface area (Å²) in [4.78, 5) is 14.9. The minimum atomic E-state index is 0.274. The summed E-state index contributed by atoms with van der Waals surface area (Å²) in [5.74, 6) is 1.23. The Morgan fingerprint density at radius 2 is 1.75 bits per heavy atom. The maximum Gasteiger partial charge on any atom is 0.223 e. The van der Waals surface area contributed by atoms with Gasteiger partial charge in [0, 0.05) is 31.1 Å². The minimum Gasteiger partial charge on any atom is -0.340 e. The van der Waals surface area contributed by atoms with Crippen LogP contribution in [0, 0.1) is 0 Å². The molecule has 1 aromatic heterocycles. The van der Waals surface area contributed by atoms with Crippen LogP contribution < -0.4 is 0 Å². The van der Waals surface area contributed by atoms with E-state index in [1.807, 2.05) is 41.0 Å². The van der Waals surface area contributed by atoms with Gasteiger partial charge in [-0.2, -0.15) is 0 Å². The fourth-order valence-corrected chi connectivity index (χ4v) is 4.03. The van der Waals surface area contributed by atoms with Crippen LogP contribution in [0.2, 0.25) is 0 Å². The molecule has 1 fully saturated rings. The van der Waals surface area contributed by atoms with Crippen LogP contribution in [0.4, 0.5) is 0 Å². The van der Waals surface area contributed by atoms with Crippen molar-refractivity contribution in [2.24, 2.45) is 0 Å². The molecule has 2 heterocycles. The Morgan fingerprint density at radius 1 is 1.00 bits per heavy atom. The molecule has 1 aliphatic heterocycles. The minimum absolute atomic E-state index is 0.274. The van der Waals surface area contributed by atoms with Gasteiger partial charge in [0.2, 0.25) is 5.91 Å². The Kier molecular flexibility index (Phi) is 5.80. The van der Waals surface area contributed by atoms with Crippen molar-refractivity contribution >= 4 is 5.91 Å². The van der Waals surface area contributed by atoms with Gasteiger partial charge in [0.25, 0.3) is 0 Å². The first kappa shape index (κ1) is 18.4. The van der Waals surface area contributed by atoms with E-state index in [1.54, 1.807) is 6.33 Å². The second kappa shape index (κ2) is 8.83. The number of aryl methyl sites for hydroxylation is 2. The molecule has 1 atom stereocenters. The molecule has 1 saturated heterocycles. The molecule has 1 aliphatic rings. The van der Waals surface area contributed by atoms with Gasteiger partial charge in [-0.1, -0.05) is 48.5 Å². The Balaban J connectivity index is 1.35. The highest BCUT2D eigenvalue weighted by Crippen LogP contribution is 2.23. The number of rotatable bonds is 7. The molecular formula is C23H26N4O. The second-order valence-electron chi connectivity index (χ2n) is 7.36. The number of aromatic nitrogens is 3. The van der Waals surface area contributed by atoms with Crippen LogP contribution in [-0.4, -0.2) is 38.2 Å². The lowest BCUT2D eigenvalue weighted by Gasteiger charge is -2.25. The molecule has 1 unspecified atom stereocenters. The topological polar surface area (TPSA) is 51.0 Å². The van der Waals surface area contributed by atoms with E-state index >= 15 is 0 Å². The number of carbonyl (C=O) groups is 1. The smallest absolute Gasteiger partial charge is 0.223 e. The third-order valence-electron chi connectivity index (χ3n) is 5.52. The summed E-state index contributed by atoms with van der Waals surface area (Å²) >= 11 is 0. The zero-order valence-corrected chi connectivity index (χ0v) is 16.1. The second-order valence-corrected chi connectivity index (χ2v) is 7.36. The summed E-state index contributed by atoms with van der Waals surface area (Å²) < 4.78 is 2.04. The van der Waals surface area contributed by atoms with Crippen LogP contribution in [0.25, 0.3) is 5.69 Å². The van der Waals surface area contributed by atoms with Crippen LogP contribution in [0.5, 0.6) is 0 Å². The van der Waals surface area contributed by atoms with Crippen molar-refractivity contribution < 1.29 is 4.79 Å². The van der Waals surface area contributed by atoms with Crippen molar-refractivity contribution in [2.45, 2.75) is 44.6 Å². The van der Waals surface area contributed by atoms with Crippen molar-refractivity contribution in [2.75, 3.05) is 6.54 Å². The number of likely N-dealkylation sites (tertiary alicyclic amines) is 1. The predicted molar refractivity (Wildman–Crippen MR) is 109 cm³/mol. The third-order valence-corrected chi connectivity index (χ3v) is 5.52. The molecule has 28 heavy (non-hydrogen) atoms. The maximum absolute atomic E-state index is 12.8. The summed E-state index contributed by atoms with van der Waals surface area (Å²) in [7, 11) is 0. The highest BCUT2D eigenvalue weighted by atomic mass is 16.2. The molecule has 1 amide bonds. The van der Waals surface area contributed by atoms with E-state index in [9.17, 15) is 4.79 Å². The van der Waals surface area contributed by atoms with Crippen LogP contribution in [-0.2, 0) is 17.6 Å². The highest BCUT2D eigenvalue weighted by Gasteiger charge is 2.28. The van der Waals surface area contributed by atoms with Crippen LogP contribution in [0.1, 0.15) is 37.1 Å². The van der Waals surface area contributed by atoms with Gasteiger partial charge in [0.15, 0.2) is 0 Å². The van der Waals surface area contributed by atoms with E-state index in [0.717, 1.165) is 50.2 Å². The van der Waals surface area contributed by atoms with Crippen LogP contribution >= 0.6 is 0 Å². The molecule has 0 aliphatic carbocycles. The molecule has 0 N–H and O–H groups in total. The fraction of sp³-hybridized carbons (Fsp3) is 0.348. The number of para-hydroxylation sites is 1. The van der Waals surface area contributed by atoms with Gasteiger partial charge in [-0.25, -0.2) is 0 Å². The number of nitrogens with zero attached hydrogens (tertiary/aromatic N) is 4. The Hall–Kier alpha value is -2.95. The molecular weight excluding hydrogens is 348 g/mol. The lowest BCUT2D eigenvalue weighted by Crippen LogP contribution is -2.36. The van der Waals surface area contributed by atoms with Gasteiger partial charge < -0.3 is 4.90 Å². The van der Waals surface area contributed by atoms with E-state index in [1.165, 1.54) is 5.56 Å². The van der Waals surface area contributed by atoms with E-state index < -0.39 is 0 Å². The zero-order valence-electron chi connectivity index (χ0n) is 16.1. The standard InChI is InChI=1S/C23H26N4O/c28-23(16-13-19-8-3-1-4-9-19)26-17-7-12-21(26)14-15-22-25-24-18-27(22)20-10-5-2-6-11-20/h1-6,8-11,18,21H,7,12-17H2. The molecule has 4 rings (SSSR count). The lowest BCUT2D eigenvalue weighted by molar-refractivity contribution is -0.132. The SMILES string of the molecule is O=C(CCc1ccccc1)N1CCCC1CCc1nncn1-c1ccccc1. The van der Waals surface area contributed by atoms with E-state index in [-0.39, 0.29) is 5.91 Å². The number of hydrogen-bond donors (Lipinski definition) is 0. The summed E-state index contributed by atoms with van der Waals surface area (Å²) in [6.07, 6.45) is 7.09. The predicted octanol–water partition coefficient (Wildman–Crippen LogP) is 3.82. The van der Waals surface area contributed by atoms with E-state index in [0.29, 0.717) is 12.5 Å². The summed E-state index contributed by atoms with van der Waals surface area (Å²) in [5.41, 5.74) is 2.30. The van der Waals surface area contributed by atoms with Gasteiger partial charge in [-0.15, -0.1) is 10.2 Å². The average molecular weight is 374 g/mol. The Bertz CT molecular complexity index is 891. The monoisotopic (exact) mass is 374 g/mol. The van der Waals surface area contributed by atoms with Gasteiger partial charge in [-0.05, 0) is 43.4 Å². The zero-order chi connectivity index (χ0) is 19.2. The molecule has 2 aromatic carbocycles. The largest absolute Gasteiger partial charge is 0.340 e. The molecule has 0 radical (unpaired) electrons. The highest BCUT2D eigenvalue weighted by molar-refractivity contribution is 5.77. The molecule has 5 heteroatoms. The Labute approximate surface area is 166 Å². The molecule has 0 spiro atoms. The summed E-state index contributed by atoms with van der Waals surface area (Å²) in [6, 6.07) is 20.7. The first-order valence-electron chi connectivity index (χ1n) is 10.1. The average Bonchev–Trinajstić information content (AvgIpc) is 3.41. The normalized spacial score (nSPS) is 16.4. The third kappa shape index (κ3) is 4.30. The van der Waals surface area contributed by atoms with Gasteiger partial charge in [-0.3, -0.25) is 9.36 Å². The molecule has 144 valence electrons. The van der Waals surface area contributed by atoms with Crippen molar-refractivity contribution in [1.82, 2.24) is 19.7 Å². The van der Waals surface area contributed by atoms with Gasteiger partial charge >= 0.3 is 0 Å². The quantitative estimate of drug-likeness (QED) is 0.632. The number of carbonyl (C=O) groups excluding carboxylic acids is 1. The summed E-state index contributed by atoms with van der Waals surface area (Å²) in [6.45, 7) is 0.879. The molecule has 3 aromatic rings. The van der Waals surface area contributed by atoms with E-state index in [2.05, 4.69) is 39.4 Å². The van der Waals surface area contributed by atoms with Crippen molar-refractivity contribution in [3.05, 3.63) is 78.4 Å². The van der Waals surface area contributed by atoms with Crippen molar-refractivity contribution in [3.8, 4) is 5.69 Å². The van der Waals surface area contributed by atoms with E-state index in [4.69, 9.17) is 0 Å². The van der Waals surface area contributed by atoms with Crippen LogP contribution in [0.15, 0.2) is 67.0 Å². The number of hydrogen-bond acceptors (Lipinski definition) is 3. The molecule has 5 nitrogen and oxygen atoms in total. The Morgan fingerprint density at radius 3 is 2.54 bits per heavy atom. The van der Waals surface area contributed by atoms with Crippen LogP contribution in [0.3, 0.4) is 0 Å². The maximum atomic E-state index is 12.8. The number of benzene rings is 2. The lowest BCUT2D eigenvalue weighted by atomic mass is 10.1. The molecule has 0 saturated carbocycles.